The Kier molecular flexibility index (Phi) is 6.13. The van der Waals surface area contributed by atoms with Gasteiger partial charge in [0.2, 0.25) is 11.9 Å². The van der Waals surface area contributed by atoms with Gasteiger partial charge in [-0.25, -0.2) is 9.37 Å². The molecule has 8 heteroatoms. The summed E-state index contributed by atoms with van der Waals surface area (Å²) in [6.45, 7) is 4.89. The van der Waals surface area contributed by atoms with Crippen molar-refractivity contribution >= 4 is 29.3 Å². The molecule has 29 heavy (non-hydrogen) atoms. The number of carbonyl (C=O) groups excluding carboxylic acids is 1. The Morgan fingerprint density at radius 2 is 1.79 bits per heavy atom. The fourth-order valence-electron chi connectivity index (χ4n) is 3.87. The summed E-state index contributed by atoms with van der Waals surface area (Å²) >= 11 is 5.82. The number of rotatable bonds is 5. The van der Waals surface area contributed by atoms with Crippen molar-refractivity contribution in [2.75, 3.05) is 49.1 Å². The third-order valence-electron chi connectivity index (χ3n) is 5.58. The first-order valence-corrected chi connectivity index (χ1v) is 10.5. The average Bonchev–Trinajstić information content (AvgIpc) is 3.30. The van der Waals surface area contributed by atoms with Crippen LogP contribution in [0.3, 0.4) is 0 Å². The maximum atomic E-state index is 13.3. The van der Waals surface area contributed by atoms with Gasteiger partial charge in [-0.3, -0.25) is 4.79 Å². The Labute approximate surface area is 175 Å². The first-order chi connectivity index (χ1) is 14.1. The number of carbonyl (C=O) groups is 1. The molecule has 0 saturated carbocycles. The maximum Gasteiger partial charge on any atom is 0.227 e. The summed E-state index contributed by atoms with van der Waals surface area (Å²) in [5.74, 6) is 1.41. The van der Waals surface area contributed by atoms with Crippen LogP contribution in [0.5, 0.6) is 0 Å². The van der Waals surface area contributed by atoms with Crippen LogP contribution in [0.25, 0.3) is 0 Å². The number of hydrogen-bond donors (Lipinski definition) is 0. The number of nitrogens with zero attached hydrogens (tertiary/aromatic N) is 5. The summed E-state index contributed by atoms with van der Waals surface area (Å²) < 4.78 is 13.3. The second-order valence-corrected chi connectivity index (χ2v) is 7.93. The number of aromatic nitrogens is 2. The Hall–Kier alpha value is -2.41. The van der Waals surface area contributed by atoms with E-state index in [4.69, 9.17) is 16.6 Å². The number of aryl methyl sites for hydroxylation is 1. The van der Waals surface area contributed by atoms with Crippen LogP contribution in [0.15, 0.2) is 30.5 Å². The van der Waals surface area contributed by atoms with E-state index in [2.05, 4.69) is 14.8 Å². The fraction of sp³-hybridized carbons (Fsp3) is 0.476. The summed E-state index contributed by atoms with van der Waals surface area (Å²) in [7, 11) is 0. The highest BCUT2D eigenvalue weighted by Gasteiger charge is 2.23. The van der Waals surface area contributed by atoms with Crippen LogP contribution in [0.2, 0.25) is 5.02 Å². The Bertz CT molecular complexity index is 866. The average molecular weight is 418 g/mol. The van der Waals surface area contributed by atoms with Crippen molar-refractivity contribution in [1.82, 2.24) is 14.9 Å². The lowest BCUT2D eigenvalue weighted by Crippen LogP contribution is -2.49. The molecule has 2 fully saturated rings. The molecule has 0 bridgehead atoms. The van der Waals surface area contributed by atoms with Crippen LogP contribution in [-0.4, -0.2) is 60.0 Å². The van der Waals surface area contributed by atoms with E-state index in [-0.39, 0.29) is 10.9 Å². The quantitative estimate of drug-likeness (QED) is 0.748. The summed E-state index contributed by atoms with van der Waals surface area (Å²) in [6, 6.07) is 6.56. The third-order valence-corrected chi connectivity index (χ3v) is 5.87. The van der Waals surface area contributed by atoms with Gasteiger partial charge in [-0.2, -0.15) is 4.98 Å². The van der Waals surface area contributed by atoms with E-state index in [1.165, 1.54) is 18.9 Å². The lowest BCUT2D eigenvalue weighted by Gasteiger charge is -2.35. The lowest BCUT2D eigenvalue weighted by atomic mass is 10.1. The van der Waals surface area contributed by atoms with Gasteiger partial charge in [0.1, 0.15) is 11.6 Å². The minimum atomic E-state index is -0.435. The van der Waals surface area contributed by atoms with Crippen molar-refractivity contribution in [2.24, 2.45) is 0 Å². The van der Waals surface area contributed by atoms with E-state index in [1.807, 2.05) is 17.2 Å². The molecular weight excluding hydrogens is 393 g/mol. The Morgan fingerprint density at radius 1 is 1.03 bits per heavy atom. The summed E-state index contributed by atoms with van der Waals surface area (Å²) in [4.78, 5) is 28.0. The molecule has 1 amide bonds. The smallest absolute Gasteiger partial charge is 0.227 e. The van der Waals surface area contributed by atoms with Crippen LogP contribution >= 0.6 is 11.6 Å². The number of hydrogen-bond acceptors (Lipinski definition) is 5. The van der Waals surface area contributed by atoms with Crippen molar-refractivity contribution < 1.29 is 9.18 Å². The van der Waals surface area contributed by atoms with Gasteiger partial charge in [-0.1, -0.05) is 17.7 Å². The lowest BCUT2D eigenvalue weighted by molar-refractivity contribution is -0.131. The minimum absolute atomic E-state index is 0.0988. The van der Waals surface area contributed by atoms with Crippen LogP contribution < -0.4 is 9.80 Å². The number of piperazine rings is 1. The van der Waals surface area contributed by atoms with E-state index >= 15 is 0 Å². The normalized spacial score (nSPS) is 17.1. The molecule has 1 aromatic carbocycles. The summed E-state index contributed by atoms with van der Waals surface area (Å²) in [5.41, 5.74) is 0.874. The predicted molar refractivity (Wildman–Crippen MR) is 112 cm³/mol. The van der Waals surface area contributed by atoms with Crippen molar-refractivity contribution in [2.45, 2.75) is 25.7 Å². The highest BCUT2D eigenvalue weighted by atomic mass is 35.5. The second kappa shape index (κ2) is 8.95. The molecule has 2 aliphatic rings. The monoisotopic (exact) mass is 417 g/mol. The molecule has 2 aliphatic heterocycles. The number of amides is 1. The minimum Gasteiger partial charge on any atom is -0.353 e. The van der Waals surface area contributed by atoms with Gasteiger partial charge in [-0.05, 0) is 43.0 Å². The number of anilines is 2. The van der Waals surface area contributed by atoms with Gasteiger partial charge in [0, 0.05) is 51.9 Å². The molecule has 0 unspecified atom stereocenters. The Balaban J connectivity index is 1.29. The van der Waals surface area contributed by atoms with Gasteiger partial charge < -0.3 is 14.7 Å². The topological polar surface area (TPSA) is 52.6 Å². The number of benzene rings is 1. The molecular formula is C21H25ClFN5O. The maximum absolute atomic E-state index is 13.3. The van der Waals surface area contributed by atoms with Gasteiger partial charge in [0.25, 0.3) is 0 Å². The van der Waals surface area contributed by atoms with Crippen molar-refractivity contribution in [3.63, 3.8) is 0 Å². The van der Waals surface area contributed by atoms with Crippen LogP contribution in [0.4, 0.5) is 16.2 Å². The van der Waals surface area contributed by atoms with Crippen molar-refractivity contribution in [3.05, 3.63) is 46.9 Å². The van der Waals surface area contributed by atoms with Crippen molar-refractivity contribution in [3.8, 4) is 0 Å². The third kappa shape index (κ3) is 4.78. The molecule has 0 atom stereocenters. The van der Waals surface area contributed by atoms with E-state index in [0.717, 1.165) is 43.5 Å². The summed E-state index contributed by atoms with van der Waals surface area (Å²) in [6.07, 6.45) is 5.16. The second-order valence-electron chi connectivity index (χ2n) is 7.53. The van der Waals surface area contributed by atoms with Crippen LogP contribution in [0, 0.1) is 5.82 Å². The molecule has 2 saturated heterocycles. The molecule has 6 nitrogen and oxygen atoms in total. The first-order valence-electron chi connectivity index (χ1n) is 10.1. The molecule has 0 spiro atoms. The standard InChI is InChI=1S/C21H25ClFN5O/c22-17-15-16(3-5-18(17)23)4-6-20(29)27-13-11-26(12-14-27)19-7-8-24-21(25-19)28-9-1-2-10-28/h3,5,7-8,15H,1-2,4,6,9-14H2. The molecule has 4 rings (SSSR count). The van der Waals surface area contributed by atoms with E-state index in [0.29, 0.717) is 25.9 Å². The van der Waals surface area contributed by atoms with E-state index in [9.17, 15) is 9.18 Å². The molecule has 0 aliphatic carbocycles. The molecule has 2 aromatic rings. The molecule has 154 valence electrons. The molecule has 0 radical (unpaired) electrons. The van der Waals surface area contributed by atoms with Gasteiger partial charge >= 0.3 is 0 Å². The highest BCUT2D eigenvalue weighted by molar-refractivity contribution is 6.30. The SMILES string of the molecule is O=C(CCc1ccc(F)c(Cl)c1)N1CCN(c2ccnc(N3CCCC3)n2)CC1. The predicted octanol–water partition coefficient (Wildman–Crippen LogP) is 3.15. The van der Waals surface area contributed by atoms with E-state index in [1.54, 1.807) is 12.1 Å². The van der Waals surface area contributed by atoms with Crippen LogP contribution in [-0.2, 0) is 11.2 Å². The van der Waals surface area contributed by atoms with Gasteiger partial charge in [0.05, 0.1) is 5.02 Å². The van der Waals surface area contributed by atoms with Gasteiger partial charge in [0.15, 0.2) is 0 Å². The van der Waals surface area contributed by atoms with Gasteiger partial charge in [-0.15, -0.1) is 0 Å². The first kappa shape index (κ1) is 19.9. The van der Waals surface area contributed by atoms with Crippen molar-refractivity contribution in [1.29, 1.82) is 0 Å². The highest BCUT2D eigenvalue weighted by Crippen LogP contribution is 2.21. The number of halogens is 2. The van der Waals surface area contributed by atoms with Crippen LogP contribution in [0.1, 0.15) is 24.8 Å². The zero-order valence-corrected chi connectivity index (χ0v) is 17.1. The zero-order chi connectivity index (χ0) is 20.2. The fourth-order valence-corrected chi connectivity index (χ4v) is 4.08. The molecule has 1 aromatic heterocycles. The largest absolute Gasteiger partial charge is 0.353 e. The van der Waals surface area contributed by atoms with E-state index < -0.39 is 5.82 Å². The molecule has 3 heterocycles. The summed E-state index contributed by atoms with van der Waals surface area (Å²) in [5, 5.41) is 0.0988. The zero-order valence-electron chi connectivity index (χ0n) is 16.4. The Morgan fingerprint density at radius 3 is 2.52 bits per heavy atom. The molecule has 0 N–H and O–H groups in total.